The molecule has 0 aliphatic carbocycles. The Kier molecular flexibility index (Phi) is 4.97. The van der Waals surface area contributed by atoms with Crippen LogP contribution in [0.15, 0.2) is 65.8 Å². The van der Waals surface area contributed by atoms with Crippen molar-refractivity contribution in [2.75, 3.05) is 0 Å². The van der Waals surface area contributed by atoms with Crippen molar-refractivity contribution in [1.82, 2.24) is 5.01 Å². The average Bonchev–Trinajstić information content (AvgIpc) is 3.02. The van der Waals surface area contributed by atoms with Gasteiger partial charge in [0.25, 0.3) is 0 Å². The lowest BCUT2D eigenvalue weighted by Gasteiger charge is -2.38. The molecule has 0 saturated heterocycles. The van der Waals surface area contributed by atoms with Gasteiger partial charge in [0, 0.05) is 6.42 Å². The van der Waals surface area contributed by atoms with Crippen LogP contribution in [-0.2, 0) is 11.2 Å². The average molecular weight is 398 g/mol. The maximum atomic E-state index is 14.2. The third-order valence-electron chi connectivity index (χ3n) is 4.39. The second kappa shape index (κ2) is 6.97. The van der Waals surface area contributed by atoms with E-state index in [-0.39, 0.29) is 16.3 Å². The van der Waals surface area contributed by atoms with Crippen molar-refractivity contribution >= 4 is 11.6 Å². The first-order chi connectivity index (χ1) is 13.1. The molecular formula is C19H15F5N2O2. The fraction of sp³-hybridized carbons (Fsp3) is 0.263. The van der Waals surface area contributed by atoms with Crippen LogP contribution in [0, 0.1) is 0 Å². The van der Waals surface area contributed by atoms with Gasteiger partial charge in [0.15, 0.2) is 0 Å². The summed E-state index contributed by atoms with van der Waals surface area (Å²) >= 11 is 0. The SMILES string of the molecule is O=C(Cc1ccccc1)N1N=C(c2ccccc2)CC1(O)C(F)(F)C(F)(F)F. The van der Waals surface area contributed by atoms with Crippen molar-refractivity contribution in [3.63, 3.8) is 0 Å². The minimum Gasteiger partial charge on any atom is -0.364 e. The number of carbonyl (C=O) groups is 1. The number of nitrogens with zero attached hydrogens (tertiary/aromatic N) is 2. The monoisotopic (exact) mass is 398 g/mol. The zero-order valence-corrected chi connectivity index (χ0v) is 14.3. The van der Waals surface area contributed by atoms with Gasteiger partial charge < -0.3 is 5.11 Å². The number of carbonyl (C=O) groups excluding carboxylic acids is 1. The summed E-state index contributed by atoms with van der Waals surface area (Å²) < 4.78 is 67.5. The zero-order chi connectivity index (χ0) is 20.6. The van der Waals surface area contributed by atoms with E-state index in [9.17, 15) is 31.9 Å². The second-order valence-corrected chi connectivity index (χ2v) is 6.35. The molecule has 0 fully saturated rings. The van der Waals surface area contributed by atoms with Gasteiger partial charge in [0.05, 0.1) is 12.1 Å². The number of hydrogen-bond acceptors (Lipinski definition) is 3. The lowest BCUT2D eigenvalue weighted by Crippen LogP contribution is -2.64. The summed E-state index contributed by atoms with van der Waals surface area (Å²) in [6, 6.07) is 15.4. The van der Waals surface area contributed by atoms with E-state index in [0.717, 1.165) is 0 Å². The first kappa shape index (κ1) is 19.9. The predicted octanol–water partition coefficient (Wildman–Crippen LogP) is 3.75. The first-order valence-corrected chi connectivity index (χ1v) is 8.23. The lowest BCUT2D eigenvalue weighted by atomic mass is 9.95. The molecule has 0 bridgehead atoms. The molecular weight excluding hydrogens is 383 g/mol. The third kappa shape index (κ3) is 3.37. The molecule has 9 heteroatoms. The fourth-order valence-electron chi connectivity index (χ4n) is 2.92. The van der Waals surface area contributed by atoms with Crippen molar-refractivity contribution in [2.45, 2.75) is 30.7 Å². The zero-order valence-electron chi connectivity index (χ0n) is 14.3. The highest BCUT2D eigenvalue weighted by Gasteiger charge is 2.74. The summed E-state index contributed by atoms with van der Waals surface area (Å²) in [5.41, 5.74) is -3.49. The molecule has 0 aromatic heterocycles. The number of aliphatic hydroxyl groups is 1. The van der Waals surface area contributed by atoms with Gasteiger partial charge in [-0.1, -0.05) is 60.7 Å². The topological polar surface area (TPSA) is 52.9 Å². The molecule has 3 rings (SSSR count). The van der Waals surface area contributed by atoms with Crippen molar-refractivity contribution in [3.8, 4) is 0 Å². The Balaban J connectivity index is 2.02. The Bertz CT molecular complexity index is 884. The van der Waals surface area contributed by atoms with E-state index in [2.05, 4.69) is 5.10 Å². The van der Waals surface area contributed by atoms with E-state index in [4.69, 9.17) is 0 Å². The van der Waals surface area contributed by atoms with Crippen LogP contribution in [0.3, 0.4) is 0 Å². The highest BCUT2D eigenvalue weighted by molar-refractivity contribution is 6.03. The van der Waals surface area contributed by atoms with Crippen LogP contribution in [0.4, 0.5) is 22.0 Å². The molecule has 1 aliphatic heterocycles. The summed E-state index contributed by atoms with van der Waals surface area (Å²) in [6.07, 6.45) is -7.73. The minimum absolute atomic E-state index is 0.129. The highest BCUT2D eigenvalue weighted by Crippen LogP contribution is 2.49. The molecule has 1 aliphatic rings. The van der Waals surface area contributed by atoms with Crippen LogP contribution in [0.25, 0.3) is 0 Å². The van der Waals surface area contributed by atoms with Crippen LogP contribution >= 0.6 is 0 Å². The Labute approximate surface area is 156 Å². The number of alkyl halides is 5. The summed E-state index contributed by atoms with van der Waals surface area (Å²) in [5.74, 6) is -6.77. The molecule has 148 valence electrons. The van der Waals surface area contributed by atoms with Crippen molar-refractivity contribution in [1.29, 1.82) is 0 Å². The molecule has 0 spiro atoms. The van der Waals surface area contributed by atoms with Gasteiger partial charge in [0.1, 0.15) is 0 Å². The van der Waals surface area contributed by atoms with E-state index < -0.39 is 36.6 Å². The Morgan fingerprint density at radius 3 is 2.07 bits per heavy atom. The third-order valence-corrected chi connectivity index (χ3v) is 4.39. The number of halogens is 5. The van der Waals surface area contributed by atoms with Crippen molar-refractivity contribution in [2.24, 2.45) is 5.10 Å². The minimum atomic E-state index is -6.07. The van der Waals surface area contributed by atoms with Gasteiger partial charge in [-0.15, -0.1) is 0 Å². The molecule has 1 amide bonds. The maximum Gasteiger partial charge on any atom is 0.458 e. The molecule has 4 nitrogen and oxygen atoms in total. The molecule has 28 heavy (non-hydrogen) atoms. The van der Waals surface area contributed by atoms with Crippen LogP contribution < -0.4 is 0 Å². The first-order valence-electron chi connectivity index (χ1n) is 8.23. The summed E-state index contributed by atoms with van der Waals surface area (Å²) in [6.45, 7) is 0. The Hall–Kier alpha value is -2.81. The molecule has 1 N–H and O–H groups in total. The van der Waals surface area contributed by atoms with E-state index in [1.165, 1.54) is 36.4 Å². The van der Waals surface area contributed by atoms with E-state index >= 15 is 0 Å². The Morgan fingerprint density at radius 1 is 1.00 bits per heavy atom. The number of benzene rings is 2. The van der Waals surface area contributed by atoms with Crippen molar-refractivity contribution < 1.29 is 31.9 Å². The van der Waals surface area contributed by atoms with E-state index in [1.807, 2.05) is 0 Å². The summed E-state index contributed by atoms with van der Waals surface area (Å²) in [4.78, 5) is 12.5. The van der Waals surface area contributed by atoms with Gasteiger partial charge in [0.2, 0.25) is 11.6 Å². The van der Waals surface area contributed by atoms with Crippen molar-refractivity contribution in [3.05, 3.63) is 71.8 Å². The van der Waals surface area contributed by atoms with Gasteiger partial charge in [-0.25, -0.2) is 0 Å². The van der Waals surface area contributed by atoms with Gasteiger partial charge in [-0.3, -0.25) is 4.79 Å². The van der Waals surface area contributed by atoms with Crippen LogP contribution in [0.5, 0.6) is 0 Å². The molecule has 1 atom stereocenters. The summed E-state index contributed by atoms with van der Waals surface area (Å²) in [7, 11) is 0. The summed E-state index contributed by atoms with van der Waals surface area (Å²) in [5, 5.41) is 13.9. The van der Waals surface area contributed by atoms with E-state index in [0.29, 0.717) is 5.56 Å². The quantitative estimate of drug-likeness (QED) is 0.798. The highest BCUT2D eigenvalue weighted by atomic mass is 19.4. The smallest absolute Gasteiger partial charge is 0.364 e. The van der Waals surface area contributed by atoms with Crippen LogP contribution in [0.2, 0.25) is 0 Å². The number of hydrazone groups is 1. The molecule has 1 heterocycles. The van der Waals surface area contributed by atoms with Crippen LogP contribution in [-0.4, -0.2) is 39.6 Å². The number of amides is 1. The van der Waals surface area contributed by atoms with Gasteiger partial charge >= 0.3 is 12.1 Å². The lowest BCUT2D eigenvalue weighted by molar-refractivity contribution is -0.363. The molecule has 2 aromatic carbocycles. The molecule has 0 radical (unpaired) electrons. The number of rotatable bonds is 4. The molecule has 1 unspecified atom stereocenters. The normalized spacial score (nSPS) is 20.2. The van der Waals surface area contributed by atoms with Gasteiger partial charge in [-0.05, 0) is 11.1 Å². The second-order valence-electron chi connectivity index (χ2n) is 6.35. The van der Waals surface area contributed by atoms with Gasteiger partial charge in [-0.2, -0.15) is 32.1 Å². The molecule has 0 saturated carbocycles. The fourth-order valence-corrected chi connectivity index (χ4v) is 2.92. The number of hydrogen-bond donors (Lipinski definition) is 1. The maximum absolute atomic E-state index is 14.2. The predicted molar refractivity (Wildman–Crippen MR) is 90.5 cm³/mol. The largest absolute Gasteiger partial charge is 0.458 e. The van der Waals surface area contributed by atoms with Crippen LogP contribution in [0.1, 0.15) is 17.5 Å². The Morgan fingerprint density at radius 2 is 1.54 bits per heavy atom. The standard InChI is InChI=1S/C19H15F5N2O2/c20-18(21,19(22,23)24)17(28)12-15(14-9-5-2-6-10-14)25-26(17)16(27)11-13-7-3-1-4-8-13/h1-10,28H,11-12H2. The van der Waals surface area contributed by atoms with E-state index in [1.54, 1.807) is 24.3 Å². The molecule has 2 aromatic rings.